The molecule has 0 fully saturated rings. The van der Waals surface area contributed by atoms with E-state index in [1.165, 1.54) is 29.5 Å². The highest BCUT2D eigenvalue weighted by Gasteiger charge is 2.12. The first-order valence-electron chi connectivity index (χ1n) is 6.45. The molecule has 0 spiro atoms. The van der Waals surface area contributed by atoms with Gasteiger partial charge in [0.1, 0.15) is 30.8 Å². The van der Waals surface area contributed by atoms with Crippen LogP contribution in [0, 0.1) is 5.82 Å². The van der Waals surface area contributed by atoms with Crippen LogP contribution >= 0.6 is 0 Å². The molecule has 2 aromatic heterocycles. The normalized spacial score (nSPS) is 10.4. The number of carbonyl (C=O) groups is 1. The first-order chi connectivity index (χ1) is 10.7. The fourth-order valence-corrected chi connectivity index (χ4v) is 1.86. The highest BCUT2D eigenvalue weighted by Crippen LogP contribution is 2.15. The molecule has 0 radical (unpaired) electrons. The molecule has 0 aliphatic rings. The Labute approximate surface area is 125 Å². The lowest BCUT2D eigenvalue weighted by atomic mass is 10.2. The van der Waals surface area contributed by atoms with Gasteiger partial charge in [-0.2, -0.15) is 5.10 Å². The van der Waals surface area contributed by atoms with E-state index in [9.17, 15) is 9.18 Å². The van der Waals surface area contributed by atoms with E-state index in [0.717, 1.165) is 6.07 Å². The second-order valence-electron chi connectivity index (χ2n) is 4.40. The molecule has 7 heteroatoms. The van der Waals surface area contributed by atoms with Gasteiger partial charge in [-0.05, 0) is 30.3 Å². The van der Waals surface area contributed by atoms with Gasteiger partial charge in [0.25, 0.3) is 0 Å². The Balaban J connectivity index is 1.72. The molecule has 110 valence electrons. The van der Waals surface area contributed by atoms with Crippen molar-refractivity contribution in [2.75, 3.05) is 0 Å². The molecule has 2 heterocycles. The average molecular weight is 298 g/mol. The van der Waals surface area contributed by atoms with Gasteiger partial charge in [-0.25, -0.2) is 18.9 Å². The van der Waals surface area contributed by atoms with E-state index < -0.39 is 11.8 Å². The van der Waals surface area contributed by atoms with Crippen molar-refractivity contribution in [1.29, 1.82) is 0 Å². The quantitative estimate of drug-likeness (QED) is 0.690. The molecule has 3 rings (SSSR count). The zero-order valence-corrected chi connectivity index (χ0v) is 11.4. The minimum Gasteiger partial charge on any atom is -0.456 e. The summed E-state index contributed by atoms with van der Waals surface area (Å²) in [5.74, 6) is -1.20. The predicted molar refractivity (Wildman–Crippen MR) is 74.7 cm³/mol. The van der Waals surface area contributed by atoms with E-state index in [0.29, 0.717) is 5.69 Å². The summed E-state index contributed by atoms with van der Waals surface area (Å²) in [6.07, 6.45) is 4.28. The summed E-state index contributed by atoms with van der Waals surface area (Å²) in [5.41, 5.74) is 0.951. The molecule has 0 aliphatic carbocycles. The standard InChI is InChI=1S/C15H11FN4O2/c16-13-7-11(4-5-14(13)20-10-17-9-19-20)15(21)22-8-12-3-1-2-6-18-12/h1-7,9-10H,8H2. The lowest BCUT2D eigenvalue weighted by Crippen LogP contribution is -2.08. The van der Waals surface area contributed by atoms with Crippen LogP contribution in [-0.2, 0) is 11.3 Å². The molecular weight excluding hydrogens is 287 g/mol. The molecule has 0 atom stereocenters. The Morgan fingerprint density at radius 2 is 2.18 bits per heavy atom. The van der Waals surface area contributed by atoms with Crippen molar-refractivity contribution < 1.29 is 13.9 Å². The van der Waals surface area contributed by atoms with Gasteiger partial charge >= 0.3 is 5.97 Å². The number of aromatic nitrogens is 4. The number of benzene rings is 1. The van der Waals surface area contributed by atoms with Crippen molar-refractivity contribution in [2.45, 2.75) is 6.61 Å². The number of ether oxygens (including phenoxy) is 1. The number of hydrogen-bond donors (Lipinski definition) is 0. The van der Waals surface area contributed by atoms with E-state index in [1.807, 2.05) is 0 Å². The Kier molecular flexibility index (Phi) is 3.86. The maximum absolute atomic E-state index is 14.0. The molecule has 6 nitrogen and oxygen atoms in total. The maximum atomic E-state index is 14.0. The molecule has 0 saturated heterocycles. The number of halogens is 1. The van der Waals surface area contributed by atoms with Crippen LogP contribution < -0.4 is 0 Å². The molecular formula is C15H11FN4O2. The maximum Gasteiger partial charge on any atom is 0.338 e. The monoisotopic (exact) mass is 298 g/mol. The SMILES string of the molecule is O=C(OCc1ccccn1)c1ccc(-n2cncn2)c(F)c1. The number of pyridine rings is 1. The van der Waals surface area contributed by atoms with Gasteiger partial charge in [0.05, 0.1) is 11.3 Å². The number of carbonyl (C=O) groups excluding carboxylic acids is 1. The number of rotatable bonds is 4. The van der Waals surface area contributed by atoms with Crippen molar-refractivity contribution >= 4 is 5.97 Å². The lowest BCUT2D eigenvalue weighted by molar-refractivity contribution is 0.0467. The molecule has 22 heavy (non-hydrogen) atoms. The fraction of sp³-hybridized carbons (Fsp3) is 0.0667. The van der Waals surface area contributed by atoms with Crippen molar-refractivity contribution in [2.24, 2.45) is 0 Å². The average Bonchev–Trinajstić information content (AvgIpc) is 3.07. The molecule has 0 amide bonds. The smallest absolute Gasteiger partial charge is 0.338 e. The molecule has 0 unspecified atom stereocenters. The number of nitrogens with zero attached hydrogens (tertiary/aromatic N) is 4. The third-order valence-electron chi connectivity index (χ3n) is 2.93. The highest BCUT2D eigenvalue weighted by atomic mass is 19.1. The van der Waals surface area contributed by atoms with Gasteiger partial charge < -0.3 is 4.74 Å². The lowest BCUT2D eigenvalue weighted by Gasteiger charge is -2.06. The Hall–Kier alpha value is -3.09. The topological polar surface area (TPSA) is 69.9 Å². The van der Waals surface area contributed by atoms with Crippen LogP contribution in [-0.4, -0.2) is 25.7 Å². The zero-order chi connectivity index (χ0) is 15.4. The highest BCUT2D eigenvalue weighted by molar-refractivity contribution is 5.89. The molecule has 0 aliphatic heterocycles. The predicted octanol–water partition coefficient (Wildman–Crippen LogP) is 2.16. The molecule has 0 N–H and O–H groups in total. The van der Waals surface area contributed by atoms with Crippen LogP contribution in [0.3, 0.4) is 0 Å². The van der Waals surface area contributed by atoms with Gasteiger partial charge in [-0.3, -0.25) is 4.98 Å². The molecule has 0 saturated carbocycles. The van der Waals surface area contributed by atoms with Crippen molar-refractivity contribution in [3.05, 3.63) is 72.3 Å². The van der Waals surface area contributed by atoms with Gasteiger partial charge in [-0.1, -0.05) is 6.07 Å². The second kappa shape index (κ2) is 6.13. The number of hydrogen-bond acceptors (Lipinski definition) is 5. The molecule has 1 aromatic carbocycles. The first-order valence-corrected chi connectivity index (χ1v) is 6.45. The van der Waals surface area contributed by atoms with Crippen molar-refractivity contribution in [1.82, 2.24) is 19.7 Å². The minimum absolute atomic E-state index is 0.0338. The first kappa shape index (κ1) is 13.9. The van der Waals surface area contributed by atoms with E-state index in [4.69, 9.17) is 4.74 Å². The Bertz CT molecular complexity index is 776. The van der Waals surface area contributed by atoms with Crippen LogP contribution in [0.25, 0.3) is 5.69 Å². The van der Waals surface area contributed by atoms with Gasteiger partial charge in [-0.15, -0.1) is 0 Å². The third-order valence-corrected chi connectivity index (χ3v) is 2.93. The minimum atomic E-state index is -0.616. The summed E-state index contributed by atoms with van der Waals surface area (Å²) in [7, 11) is 0. The van der Waals surface area contributed by atoms with Gasteiger partial charge in [0.15, 0.2) is 0 Å². The number of esters is 1. The van der Waals surface area contributed by atoms with E-state index in [2.05, 4.69) is 15.1 Å². The summed E-state index contributed by atoms with van der Waals surface area (Å²) in [5, 5.41) is 3.84. The fourth-order valence-electron chi connectivity index (χ4n) is 1.86. The summed E-state index contributed by atoms with van der Waals surface area (Å²) in [4.78, 5) is 19.7. The van der Waals surface area contributed by atoms with Crippen LogP contribution in [0.5, 0.6) is 0 Å². The van der Waals surface area contributed by atoms with E-state index >= 15 is 0 Å². The van der Waals surface area contributed by atoms with Crippen molar-refractivity contribution in [3.63, 3.8) is 0 Å². The third kappa shape index (κ3) is 2.98. The molecule has 3 aromatic rings. The zero-order valence-electron chi connectivity index (χ0n) is 11.4. The van der Waals surface area contributed by atoms with E-state index in [-0.39, 0.29) is 17.9 Å². The summed E-state index contributed by atoms with van der Waals surface area (Å²) in [6, 6.07) is 9.33. The Morgan fingerprint density at radius 3 is 2.86 bits per heavy atom. The van der Waals surface area contributed by atoms with Crippen LogP contribution in [0.15, 0.2) is 55.2 Å². The van der Waals surface area contributed by atoms with Crippen LogP contribution in [0.2, 0.25) is 0 Å². The van der Waals surface area contributed by atoms with Gasteiger partial charge in [0.2, 0.25) is 0 Å². The largest absolute Gasteiger partial charge is 0.456 e. The Morgan fingerprint density at radius 1 is 1.27 bits per heavy atom. The summed E-state index contributed by atoms with van der Waals surface area (Å²) < 4.78 is 20.4. The van der Waals surface area contributed by atoms with E-state index in [1.54, 1.807) is 24.4 Å². The van der Waals surface area contributed by atoms with Crippen molar-refractivity contribution in [3.8, 4) is 5.69 Å². The summed E-state index contributed by atoms with van der Waals surface area (Å²) >= 11 is 0. The van der Waals surface area contributed by atoms with Gasteiger partial charge in [0, 0.05) is 6.20 Å². The second-order valence-corrected chi connectivity index (χ2v) is 4.40. The van der Waals surface area contributed by atoms with Crippen LogP contribution in [0.1, 0.15) is 16.1 Å². The van der Waals surface area contributed by atoms with Crippen LogP contribution in [0.4, 0.5) is 4.39 Å². The molecule has 0 bridgehead atoms. The summed E-state index contributed by atoms with van der Waals surface area (Å²) in [6.45, 7) is 0.0338.